The molecule has 1 N–H and O–H groups in total. The minimum atomic E-state index is 0.0556. The number of fused-ring (bicyclic) bond motifs is 1. The van der Waals surface area contributed by atoms with Gasteiger partial charge in [0, 0.05) is 19.5 Å². The van der Waals surface area contributed by atoms with Crippen LogP contribution in [0.15, 0.2) is 66.7 Å². The van der Waals surface area contributed by atoms with Crippen molar-refractivity contribution in [3.63, 3.8) is 0 Å². The van der Waals surface area contributed by atoms with Gasteiger partial charge in [0.1, 0.15) is 17.3 Å². The summed E-state index contributed by atoms with van der Waals surface area (Å²) in [7, 11) is 1.64. The highest BCUT2D eigenvalue weighted by Gasteiger charge is 2.11. The predicted octanol–water partition coefficient (Wildman–Crippen LogP) is 6.20. The molecule has 0 fully saturated rings. The number of unbranched alkanes of at least 4 members (excludes halogenated alkanes) is 2. The Kier molecular flexibility index (Phi) is 9.79. The van der Waals surface area contributed by atoms with Crippen LogP contribution >= 0.6 is 0 Å². The third-order valence-corrected chi connectivity index (χ3v) is 6.77. The first kappa shape index (κ1) is 27.2. The van der Waals surface area contributed by atoms with E-state index in [2.05, 4.69) is 60.1 Å². The first-order chi connectivity index (χ1) is 18.5. The fraction of sp³-hybridized carbons (Fsp3) is 0.375. The maximum atomic E-state index is 12.2. The highest BCUT2D eigenvalue weighted by atomic mass is 16.5. The minimum absolute atomic E-state index is 0.0556. The molecule has 1 heterocycles. The number of carbonyl (C=O) groups excluding carboxylic acids is 1. The number of imidazole rings is 1. The molecular weight excluding hydrogens is 474 g/mol. The average Bonchev–Trinajstić information content (AvgIpc) is 3.27. The number of rotatable bonds is 14. The lowest BCUT2D eigenvalue weighted by Gasteiger charge is -2.12. The van der Waals surface area contributed by atoms with Crippen LogP contribution in [0.2, 0.25) is 0 Å². The monoisotopic (exact) mass is 513 g/mol. The fourth-order valence-corrected chi connectivity index (χ4v) is 4.74. The Morgan fingerprint density at radius 1 is 0.947 bits per heavy atom. The first-order valence-electron chi connectivity index (χ1n) is 13.6. The molecule has 0 aliphatic carbocycles. The van der Waals surface area contributed by atoms with Gasteiger partial charge in [-0.05, 0) is 74.6 Å². The molecule has 6 heteroatoms. The predicted molar refractivity (Wildman–Crippen MR) is 153 cm³/mol. The van der Waals surface area contributed by atoms with Crippen LogP contribution in [-0.2, 0) is 24.2 Å². The molecule has 4 aromatic rings. The van der Waals surface area contributed by atoms with Crippen LogP contribution in [0.4, 0.5) is 0 Å². The number of ether oxygens (including phenoxy) is 2. The van der Waals surface area contributed by atoms with E-state index in [0.717, 1.165) is 67.1 Å². The highest BCUT2D eigenvalue weighted by Crippen LogP contribution is 2.21. The number of aromatic nitrogens is 2. The van der Waals surface area contributed by atoms with E-state index in [0.29, 0.717) is 19.6 Å². The lowest BCUT2D eigenvalue weighted by atomic mass is 10.1. The Morgan fingerprint density at radius 2 is 1.76 bits per heavy atom. The fourth-order valence-electron chi connectivity index (χ4n) is 4.74. The maximum Gasteiger partial charge on any atom is 0.224 e. The number of nitrogens with one attached hydrogen (secondary N) is 1. The first-order valence-corrected chi connectivity index (χ1v) is 13.6. The zero-order valence-electron chi connectivity index (χ0n) is 22.8. The summed E-state index contributed by atoms with van der Waals surface area (Å²) in [4.78, 5) is 17.2. The second kappa shape index (κ2) is 13.7. The van der Waals surface area contributed by atoms with Crippen molar-refractivity contribution in [1.29, 1.82) is 0 Å². The lowest BCUT2D eigenvalue weighted by molar-refractivity contribution is -0.120. The number of methoxy groups -OCH3 is 1. The van der Waals surface area contributed by atoms with Crippen LogP contribution in [0.25, 0.3) is 11.0 Å². The Balaban J connectivity index is 1.21. The molecule has 0 spiro atoms. The number of para-hydroxylation sites is 2. The van der Waals surface area contributed by atoms with Gasteiger partial charge in [0.2, 0.25) is 5.91 Å². The molecule has 6 nitrogen and oxygen atoms in total. The molecule has 1 amide bonds. The number of hydrogen-bond acceptors (Lipinski definition) is 4. The molecule has 0 radical (unpaired) electrons. The van der Waals surface area contributed by atoms with Crippen molar-refractivity contribution in [2.75, 3.05) is 20.3 Å². The van der Waals surface area contributed by atoms with Gasteiger partial charge in [-0.1, -0.05) is 48.4 Å². The molecule has 0 unspecified atom stereocenters. The zero-order valence-corrected chi connectivity index (χ0v) is 22.8. The number of hydrogen-bond donors (Lipinski definition) is 1. The third kappa shape index (κ3) is 7.60. The molecule has 200 valence electrons. The van der Waals surface area contributed by atoms with Gasteiger partial charge in [-0.15, -0.1) is 0 Å². The van der Waals surface area contributed by atoms with Gasteiger partial charge in [0.25, 0.3) is 0 Å². The summed E-state index contributed by atoms with van der Waals surface area (Å²) < 4.78 is 13.6. The smallest absolute Gasteiger partial charge is 0.224 e. The Morgan fingerprint density at radius 3 is 2.55 bits per heavy atom. The second-order valence-corrected chi connectivity index (χ2v) is 9.82. The summed E-state index contributed by atoms with van der Waals surface area (Å²) in [5.41, 5.74) is 5.64. The molecule has 0 aliphatic heterocycles. The molecule has 0 bridgehead atoms. The summed E-state index contributed by atoms with van der Waals surface area (Å²) in [5.74, 6) is 2.94. The standard InChI is InChI=1S/C32H39N3O3/c1-24-13-18-30(25(2)22-24)38-21-9-20-35-29-11-7-6-10-28(29)34-31(35)12-5-4-8-19-33-32(36)23-26-14-16-27(37-3)17-15-26/h6-7,10-11,13-18,22H,4-5,8-9,12,19-21,23H2,1-3H3,(H,33,36). The lowest BCUT2D eigenvalue weighted by Crippen LogP contribution is -2.26. The topological polar surface area (TPSA) is 65.4 Å². The van der Waals surface area contributed by atoms with Crippen LogP contribution < -0.4 is 14.8 Å². The third-order valence-electron chi connectivity index (χ3n) is 6.77. The van der Waals surface area contributed by atoms with E-state index >= 15 is 0 Å². The van der Waals surface area contributed by atoms with Crippen molar-refractivity contribution in [2.45, 2.75) is 58.9 Å². The number of nitrogens with zero attached hydrogens (tertiary/aromatic N) is 2. The van der Waals surface area contributed by atoms with Crippen molar-refractivity contribution < 1.29 is 14.3 Å². The molecule has 38 heavy (non-hydrogen) atoms. The van der Waals surface area contributed by atoms with Gasteiger partial charge in [0.15, 0.2) is 0 Å². The van der Waals surface area contributed by atoms with Gasteiger partial charge >= 0.3 is 0 Å². The van der Waals surface area contributed by atoms with E-state index in [1.54, 1.807) is 7.11 Å². The van der Waals surface area contributed by atoms with Crippen molar-refractivity contribution in [3.05, 3.63) is 89.2 Å². The van der Waals surface area contributed by atoms with Crippen molar-refractivity contribution in [3.8, 4) is 11.5 Å². The van der Waals surface area contributed by atoms with E-state index in [-0.39, 0.29) is 5.91 Å². The van der Waals surface area contributed by atoms with Crippen LogP contribution in [0, 0.1) is 13.8 Å². The SMILES string of the molecule is COc1ccc(CC(=O)NCCCCCc2nc3ccccc3n2CCCOc2ccc(C)cc2C)cc1. The van der Waals surface area contributed by atoms with Crippen LogP contribution in [-0.4, -0.2) is 35.7 Å². The normalized spacial score (nSPS) is 11.0. The minimum Gasteiger partial charge on any atom is -0.497 e. The van der Waals surface area contributed by atoms with E-state index < -0.39 is 0 Å². The summed E-state index contributed by atoms with van der Waals surface area (Å²) in [6.07, 6.45) is 5.27. The van der Waals surface area contributed by atoms with Crippen molar-refractivity contribution in [2.24, 2.45) is 0 Å². The summed E-state index contributed by atoms with van der Waals surface area (Å²) in [5, 5.41) is 3.04. The van der Waals surface area contributed by atoms with Crippen molar-refractivity contribution in [1.82, 2.24) is 14.9 Å². The van der Waals surface area contributed by atoms with Gasteiger partial charge < -0.3 is 19.4 Å². The molecule has 0 saturated heterocycles. The van der Waals surface area contributed by atoms with E-state index in [1.807, 2.05) is 30.3 Å². The molecule has 4 rings (SSSR count). The molecule has 1 aromatic heterocycles. The maximum absolute atomic E-state index is 12.2. The molecule has 3 aromatic carbocycles. The molecule has 0 saturated carbocycles. The van der Waals surface area contributed by atoms with Crippen LogP contribution in [0.5, 0.6) is 11.5 Å². The number of amides is 1. The van der Waals surface area contributed by atoms with Gasteiger partial charge in [0.05, 0.1) is 31.2 Å². The average molecular weight is 514 g/mol. The number of benzene rings is 3. The highest BCUT2D eigenvalue weighted by molar-refractivity contribution is 5.78. The van der Waals surface area contributed by atoms with E-state index in [1.165, 1.54) is 16.6 Å². The molecule has 0 atom stereocenters. The van der Waals surface area contributed by atoms with E-state index in [4.69, 9.17) is 14.5 Å². The van der Waals surface area contributed by atoms with Gasteiger partial charge in [-0.25, -0.2) is 4.98 Å². The van der Waals surface area contributed by atoms with E-state index in [9.17, 15) is 4.79 Å². The van der Waals surface area contributed by atoms with Gasteiger partial charge in [-0.2, -0.15) is 0 Å². The summed E-state index contributed by atoms with van der Waals surface area (Å²) in [6.45, 7) is 6.44. The zero-order chi connectivity index (χ0) is 26.7. The quantitative estimate of drug-likeness (QED) is 0.204. The van der Waals surface area contributed by atoms with Crippen LogP contribution in [0.1, 0.15) is 48.2 Å². The Labute approximate surface area is 226 Å². The van der Waals surface area contributed by atoms with Crippen molar-refractivity contribution >= 4 is 16.9 Å². The molecular formula is C32H39N3O3. The Bertz CT molecular complexity index is 1330. The Hall–Kier alpha value is -3.80. The van der Waals surface area contributed by atoms with Crippen LogP contribution in [0.3, 0.4) is 0 Å². The number of aryl methyl sites for hydroxylation is 4. The van der Waals surface area contributed by atoms with Gasteiger partial charge in [-0.3, -0.25) is 4.79 Å². The number of carbonyl (C=O) groups is 1. The second-order valence-electron chi connectivity index (χ2n) is 9.82. The largest absolute Gasteiger partial charge is 0.497 e. The summed E-state index contributed by atoms with van der Waals surface area (Å²) in [6, 6.07) is 22.3. The summed E-state index contributed by atoms with van der Waals surface area (Å²) >= 11 is 0. The molecule has 0 aliphatic rings.